The van der Waals surface area contributed by atoms with E-state index in [1.54, 1.807) is 20.8 Å². The molecule has 1 rings (SSSR count). The smallest absolute Gasteiger partial charge is 0.323 e. The summed E-state index contributed by atoms with van der Waals surface area (Å²) < 4.78 is 21.4. The quantitative estimate of drug-likeness (QED) is 0.506. The zero-order valence-corrected chi connectivity index (χ0v) is 14.3. The van der Waals surface area contributed by atoms with Crippen LogP contribution in [-0.2, 0) is 28.5 Å². The van der Waals surface area contributed by atoms with Crippen molar-refractivity contribution >= 4 is 11.9 Å². The molecule has 0 aromatic heterocycles. The summed E-state index contributed by atoms with van der Waals surface area (Å²) in [5.41, 5.74) is -1.21. The van der Waals surface area contributed by atoms with Crippen molar-refractivity contribution in [3.8, 4) is 0 Å². The highest BCUT2D eigenvalue weighted by Gasteiger charge is 2.46. The van der Waals surface area contributed by atoms with Crippen molar-refractivity contribution in [1.82, 2.24) is 0 Å². The van der Waals surface area contributed by atoms with Crippen molar-refractivity contribution < 1.29 is 28.5 Å². The number of esters is 2. The van der Waals surface area contributed by atoms with Crippen LogP contribution in [0.4, 0.5) is 0 Å². The van der Waals surface area contributed by atoms with Crippen LogP contribution in [0.1, 0.15) is 53.9 Å². The average molecular weight is 316 g/mol. The minimum absolute atomic E-state index is 0.0944. The first-order valence-electron chi connectivity index (χ1n) is 7.97. The van der Waals surface area contributed by atoms with Crippen LogP contribution in [0.25, 0.3) is 0 Å². The van der Waals surface area contributed by atoms with E-state index in [4.69, 9.17) is 18.9 Å². The number of carbonyl (C=O) groups is 2. The molecule has 0 amide bonds. The number of hydrogen-bond acceptors (Lipinski definition) is 6. The van der Waals surface area contributed by atoms with Gasteiger partial charge in [-0.3, -0.25) is 9.59 Å². The molecule has 1 aliphatic rings. The summed E-state index contributed by atoms with van der Waals surface area (Å²) in [5, 5.41) is 0. The van der Waals surface area contributed by atoms with Crippen molar-refractivity contribution in [3.05, 3.63) is 0 Å². The van der Waals surface area contributed by atoms with Crippen molar-refractivity contribution in [3.63, 3.8) is 0 Å². The Hall–Kier alpha value is -1.14. The van der Waals surface area contributed by atoms with Crippen molar-refractivity contribution in [2.75, 3.05) is 19.8 Å². The predicted molar refractivity (Wildman–Crippen MR) is 80.1 cm³/mol. The molecule has 22 heavy (non-hydrogen) atoms. The molecule has 1 saturated heterocycles. The summed E-state index contributed by atoms with van der Waals surface area (Å²) in [6, 6.07) is 0. The zero-order chi connectivity index (χ0) is 16.8. The molecule has 0 bridgehead atoms. The Labute approximate surface area is 132 Å². The molecule has 6 heteroatoms. The average Bonchev–Trinajstić information content (AvgIpc) is 2.80. The molecule has 0 aliphatic carbocycles. The maximum Gasteiger partial charge on any atom is 0.323 e. The van der Waals surface area contributed by atoms with Crippen molar-refractivity contribution in [1.29, 1.82) is 0 Å². The van der Waals surface area contributed by atoms with E-state index in [0.29, 0.717) is 25.9 Å². The molecular weight excluding hydrogens is 288 g/mol. The van der Waals surface area contributed by atoms with Crippen LogP contribution in [0.3, 0.4) is 0 Å². The normalized spacial score (nSPS) is 20.7. The van der Waals surface area contributed by atoms with E-state index in [1.807, 2.05) is 13.8 Å². The molecule has 128 valence electrons. The van der Waals surface area contributed by atoms with Gasteiger partial charge in [0.05, 0.1) is 25.9 Å². The van der Waals surface area contributed by atoms with Crippen LogP contribution in [0.2, 0.25) is 0 Å². The monoisotopic (exact) mass is 316 g/mol. The second kappa shape index (κ2) is 7.92. The van der Waals surface area contributed by atoms with Gasteiger partial charge in [-0.05, 0) is 33.6 Å². The highest BCUT2D eigenvalue weighted by molar-refractivity contribution is 5.99. The van der Waals surface area contributed by atoms with Gasteiger partial charge in [0, 0.05) is 6.42 Å². The molecule has 6 nitrogen and oxygen atoms in total. The SMILES string of the molecule is CCOC(=O)C(CC)(CC)C(=O)OCCC1COC(C)(C)O1. The summed E-state index contributed by atoms with van der Waals surface area (Å²) in [6.07, 6.45) is 1.17. The van der Waals surface area contributed by atoms with Gasteiger partial charge in [0.25, 0.3) is 0 Å². The second-order valence-electron chi connectivity index (χ2n) is 5.88. The Kier molecular flexibility index (Phi) is 6.81. The fourth-order valence-electron chi connectivity index (χ4n) is 2.51. The van der Waals surface area contributed by atoms with Crippen LogP contribution in [-0.4, -0.2) is 43.7 Å². The van der Waals surface area contributed by atoms with Crippen molar-refractivity contribution in [2.24, 2.45) is 5.41 Å². The van der Waals surface area contributed by atoms with E-state index in [-0.39, 0.29) is 19.3 Å². The molecule has 1 fully saturated rings. The molecule has 1 unspecified atom stereocenters. The second-order valence-corrected chi connectivity index (χ2v) is 5.88. The van der Waals surface area contributed by atoms with Gasteiger partial charge in [-0.15, -0.1) is 0 Å². The maximum atomic E-state index is 12.3. The van der Waals surface area contributed by atoms with Crippen LogP contribution in [0.5, 0.6) is 0 Å². The first kappa shape index (κ1) is 18.9. The van der Waals surface area contributed by atoms with Gasteiger partial charge < -0.3 is 18.9 Å². The lowest BCUT2D eigenvalue weighted by molar-refractivity contribution is -0.173. The molecule has 0 aromatic carbocycles. The van der Waals surface area contributed by atoms with Crippen LogP contribution >= 0.6 is 0 Å². The zero-order valence-electron chi connectivity index (χ0n) is 14.3. The fraction of sp³-hybridized carbons (Fsp3) is 0.875. The van der Waals surface area contributed by atoms with Gasteiger partial charge in [-0.1, -0.05) is 13.8 Å². The maximum absolute atomic E-state index is 12.3. The van der Waals surface area contributed by atoms with Gasteiger partial charge >= 0.3 is 11.9 Å². The van der Waals surface area contributed by atoms with Gasteiger partial charge in [0.2, 0.25) is 0 Å². The van der Waals surface area contributed by atoms with E-state index in [9.17, 15) is 9.59 Å². The lowest BCUT2D eigenvalue weighted by Crippen LogP contribution is -2.41. The third-order valence-corrected chi connectivity index (χ3v) is 4.00. The van der Waals surface area contributed by atoms with Gasteiger partial charge in [-0.2, -0.15) is 0 Å². The largest absolute Gasteiger partial charge is 0.465 e. The summed E-state index contributed by atoms with van der Waals surface area (Å²) in [7, 11) is 0. The Morgan fingerprint density at radius 2 is 1.73 bits per heavy atom. The molecule has 1 aliphatic heterocycles. The summed E-state index contributed by atoms with van der Waals surface area (Å²) in [6.45, 7) is 9.92. The molecular formula is C16H28O6. The highest BCUT2D eigenvalue weighted by atomic mass is 16.7. The molecule has 0 saturated carbocycles. The van der Waals surface area contributed by atoms with Crippen LogP contribution in [0.15, 0.2) is 0 Å². The lowest BCUT2D eigenvalue weighted by atomic mass is 9.82. The summed E-state index contributed by atoms with van der Waals surface area (Å²) in [5.74, 6) is -1.61. The fourth-order valence-corrected chi connectivity index (χ4v) is 2.51. The first-order chi connectivity index (χ1) is 10.3. The van der Waals surface area contributed by atoms with Crippen LogP contribution in [0, 0.1) is 5.41 Å². The van der Waals surface area contributed by atoms with Crippen molar-refractivity contribution in [2.45, 2.75) is 65.8 Å². The Morgan fingerprint density at radius 1 is 1.14 bits per heavy atom. The molecule has 1 heterocycles. The van der Waals surface area contributed by atoms with Gasteiger partial charge in [-0.25, -0.2) is 0 Å². The van der Waals surface area contributed by atoms with E-state index in [2.05, 4.69) is 0 Å². The number of ether oxygens (including phenoxy) is 4. The van der Waals surface area contributed by atoms with E-state index in [0.717, 1.165) is 0 Å². The minimum atomic E-state index is -1.21. The minimum Gasteiger partial charge on any atom is -0.465 e. The standard InChI is InChI=1S/C16H28O6/c1-6-16(7-2,13(17)19-8-3)14(18)20-10-9-12-11-21-15(4,5)22-12/h12H,6-11H2,1-5H3. The van der Waals surface area contributed by atoms with Gasteiger partial charge in [0.15, 0.2) is 11.2 Å². The first-order valence-corrected chi connectivity index (χ1v) is 7.97. The molecule has 0 spiro atoms. The summed E-state index contributed by atoms with van der Waals surface area (Å²) >= 11 is 0. The third-order valence-electron chi connectivity index (χ3n) is 4.00. The van der Waals surface area contributed by atoms with E-state index in [1.165, 1.54) is 0 Å². The predicted octanol–water partition coefficient (Wildman–Crippen LogP) is 2.44. The molecule has 1 atom stereocenters. The number of carbonyl (C=O) groups excluding carboxylic acids is 2. The Morgan fingerprint density at radius 3 is 2.18 bits per heavy atom. The topological polar surface area (TPSA) is 71.1 Å². The van der Waals surface area contributed by atoms with E-state index < -0.39 is 23.1 Å². The number of rotatable bonds is 8. The summed E-state index contributed by atoms with van der Waals surface area (Å²) in [4.78, 5) is 24.5. The van der Waals surface area contributed by atoms with Gasteiger partial charge in [0.1, 0.15) is 0 Å². The Bertz CT molecular complexity index is 386. The van der Waals surface area contributed by atoms with E-state index >= 15 is 0 Å². The van der Waals surface area contributed by atoms with Crippen LogP contribution < -0.4 is 0 Å². The Balaban J connectivity index is 2.52. The third kappa shape index (κ3) is 4.43. The highest BCUT2D eigenvalue weighted by Crippen LogP contribution is 2.30. The molecule has 0 aromatic rings. The number of hydrogen-bond donors (Lipinski definition) is 0. The molecule has 0 N–H and O–H groups in total. The lowest BCUT2D eigenvalue weighted by Gasteiger charge is -2.26. The molecule has 0 radical (unpaired) electrons.